The van der Waals surface area contributed by atoms with Crippen LogP contribution >= 0.6 is 39.1 Å². The van der Waals surface area contributed by atoms with Crippen molar-refractivity contribution in [1.29, 1.82) is 0 Å². The van der Waals surface area contributed by atoms with E-state index in [0.717, 1.165) is 15.6 Å². The molecule has 0 aliphatic rings. The molecule has 0 saturated carbocycles. The molecule has 1 atom stereocenters. The van der Waals surface area contributed by atoms with Crippen molar-refractivity contribution in [2.45, 2.75) is 19.4 Å². The van der Waals surface area contributed by atoms with Crippen LogP contribution in [0, 0.1) is 6.92 Å². The minimum absolute atomic E-state index is 0.0881. The second kappa shape index (κ2) is 6.27. The third-order valence-corrected chi connectivity index (χ3v) is 3.99. The molecule has 4 heteroatoms. The zero-order valence-electron chi connectivity index (χ0n) is 10.5. The summed E-state index contributed by atoms with van der Waals surface area (Å²) >= 11 is 15.6. The monoisotopic (exact) mass is 357 g/mol. The third-order valence-electron chi connectivity index (χ3n) is 2.95. The van der Waals surface area contributed by atoms with Crippen LogP contribution in [0.1, 0.15) is 22.7 Å². The molecule has 0 aromatic heterocycles. The van der Waals surface area contributed by atoms with Gasteiger partial charge in [-0.3, -0.25) is 0 Å². The highest BCUT2D eigenvalue weighted by atomic mass is 79.9. The predicted molar refractivity (Wildman–Crippen MR) is 86.0 cm³/mol. The second-order valence-electron chi connectivity index (χ2n) is 4.61. The van der Waals surface area contributed by atoms with E-state index in [1.807, 2.05) is 18.2 Å². The number of benzene rings is 2. The van der Waals surface area contributed by atoms with Crippen molar-refractivity contribution >= 4 is 39.1 Å². The maximum absolute atomic E-state index is 6.26. The Morgan fingerprint density at radius 2 is 1.89 bits per heavy atom. The Kier molecular flexibility index (Phi) is 4.91. The molecule has 0 aliphatic heterocycles. The van der Waals surface area contributed by atoms with Gasteiger partial charge in [-0.2, -0.15) is 0 Å². The van der Waals surface area contributed by atoms with Crippen LogP contribution in [-0.4, -0.2) is 0 Å². The van der Waals surface area contributed by atoms with Gasteiger partial charge in [-0.15, -0.1) is 0 Å². The van der Waals surface area contributed by atoms with Gasteiger partial charge in [0, 0.05) is 20.6 Å². The van der Waals surface area contributed by atoms with Crippen molar-refractivity contribution in [1.82, 2.24) is 0 Å². The van der Waals surface area contributed by atoms with E-state index in [4.69, 9.17) is 28.9 Å². The zero-order valence-corrected chi connectivity index (χ0v) is 13.6. The predicted octanol–water partition coefficient (Wildman–Crippen LogP) is 5.31. The van der Waals surface area contributed by atoms with Crippen molar-refractivity contribution < 1.29 is 0 Å². The summed E-state index contributed by atoms with van der Waals surface area (Å²) in [5, 5.41) is 1.30. The van der Waals surface area contributed by atoms with Crippen LogP contribution in [0.15, 0.2) is 40.9 Å². The Morgan fingerprint density at radius 1 is 1.16 bits per heavy atom. The fourth-order valence-electron chi connectivity index (χ4n) is 2.02. The Bertz CT molecular complexity index is 578. The summed E-state index contributed by atoms with van der Waals surface area (Å²) in [4.78, 5) is 0. The highest BCUT2D eigenvalue weighted by Crippen LogP contribution is 2.26. The normalized spacial score (nSPS) is 12.5. The molecule has 2 aromatic rings. The summed E-state index contributed by atoms with van der Waals surface area (Å²) < 4.78 is 1.04. The number of rotatable bonds is 3. The van der Waals surface area contributed by atoms with Crippen LogP contribution in [-0.2, 0) is 6.42 Å². The summed E-state index contributed by atoms with van der Waals surface area (Å²) in [6.45, 7) is 2.05. The lowest BCUT2D eigenvalue weighted by molar-refractivity contribution is 0.721. The van der Waals surface area contributed by atoms with Gasteiger partial charge in [0.25, 0.3) is 0 Å². The lowest BCUT2D eigenvalue weighted by atomic mass is 9.98. The van der Waals surface area contributed by atoms with Crippen molar-refractivity contribution in [2.75, 3.05) is 0 Å². The molecular weight excluding hydrogens is 345 g/mol. The van der Waals surface area contributed by atoms with E-state index in [2.05, 4.69) is 35.0 Å². The smallest absolute Gasteiger partial charge is 0.0453 e. The Hall–Kier alpha value is -0.540. The van der Waals surface area contributed by atoms with Crippen LogP contribution in [0.5, 0.6) is 0 Å². The fourth-order valence-corrected chi connectivity index (χ4v) is 3.13. The molecule has 100 valence electrons. The third kappa shape index (κ3) is 3.96. The molecular formula is C15H14BrCl2N. The van der Waals surface area contributed by atoms with Crippen LogP contribution in [0.25, 0.3) is 0 Å². The number of aryl methyl sites for hydroxylation is 1. The Labute approximate surface area is 131 Å². The first kappa shape index (κ1) is 14.9. The van der Waals surface area contributed by atoms with E-state index >= 15 is 0 Å². The molecule has 0 aliphatic carbocycles. The molecule has 0 radical (unpaired) electrons. The van der Waals surface area contributed by atoms with Gasteiger partial charge in [-0.25, -0.2) is 0 Å². The molecule has 0 fully saturated rings. The molecule has 0 heterocycles. The zero-order chi connectivity index (χ0) is 14.0. The maximum Gasteiger partial charge on any atom is 0.0453 e. The SMILES string of the molecule is Cc1cc(Br)cc(C(N)Cc2ccc(Cl)cc2Cl)c1. The number of hydrogen-bond donors (Lipinski definition) is 1. The van der Waals surface area contributed by atoms with Crippen LogP contribution in [0.2, 0.25) is 10.0 Å². The van der Waals surface area contributed by atoms with Gasteiger partial charge in [0.05, 0.1) is 0 Å². The first-order valence-electron chi connectivity index (χ1n) is 5.92. The first-order valence-corrected chi connectivity index (χ1v) is 7.47. The Morgan fingerprint density at radius 3 is 2.53 bits per heavy atom. The highest BCUT2D eigenvalue weighted by molar-refractivity contribution is 9.10. The van der Waals surface area contributed by atoms with Crippen molar-refractivity contribution in [2.24, 2.45) is 5.73 Å². The minimum atomic E-state index is -0.0881. The number of nitrogens with two attached hydrogens (primary N) is 1. The molecule has 0 bridgehead atoms. The van der Waals surface area contributed by atoms with Gasteiger partial charge >= 0.3 is 0 Å². The van der Waals surface area contributed by atoms with Gasteiger partial charge < -0.3 is 5.73 Å². The van der Waals surface area contributed by atoms with Gasteiger partial charge in [0.15, 0.2) is 0 Å². The molecule has 19 heavy (non-hydrogen) atoms. The van der Waals surface area contributed by atoms with Crippen molar-refractivity contribution in [3.8, 4) is 0 Å². The quantitative estimate of drug-likeness (QED) is 0.790. The molecule has 2 rings (SSSR count). The molecule has 2 aromatic carbocycles. The average Bonchev–Trinajstić information content (AvgIpc) is 2.31. The maximum atomic E-state index is 6.26. The average molecular weight is 359 g/mol. The van der Waals surface area contributed by atoms with E-state index in [9.17, 15) is 0 Å². The summed E-state index contributed by atoms with van der Waals surface area (Å²) in [7, 11) is 0. The molecule has 1 unspecified atom stereocenters. The molecule has 0 saturated heterocycles. The molecule has 2 N–H and O–H groups in total. The lowest BCUT2D eigenvalue weighted by Crippen LogP contribution is -2.13. The number of hydrogen-bond acceptors (Lipinski definition) is 1. The van der Waals surface area contributed by atoms with E-state index < -0.39 is 0 Å². The largest absolute Gasteiger partial charge is 0.324 e. The van der Waals surface area contributed by atoms with Crippen molar-refractivity contribution in [3.63, 3.8) is 0 Å². The molecule has 0 amide bonds. The first-order chi connectivity index (χ1) is 8.95. The summed E-state index contributed by atoms with van der Waals surface area (Å²) in [5.41, 5.74) is 9.55. The standard InChI is InChI=1S/C15H14BrCl2N/c1-9-4-11(6-12(16)5-9)15(19)7-10-2-3-13(17)8-14(10)18/h2-6,8,15H,7,19H2,1H3. The van der Waals surface area contributed by atoms with Crippen molar-refractivity contribution in [3.05, 3.63) is 67.6 Å². The fraction of sp³-hybridized carbons (Fsp3) is 0.200. The van der Waals surface area contributed by atoms with E-state index in [-0.39, 0.29) is 6.04 Å². The number of halogens is 3. The molecule has 1 nitrogen and oxygen atoms in total. The Balaban J connectivity index is 2.22. The summed E-state index contributed by atoms with van der Waals surface area (Å²) in [5.74, 6) is 0. The van der Waals surface area contributed by atoms with Crippen LogP contribution in [0.3, 0.4) is 0 Å². The topological polar surface area (TPSA) is 26.0 Å². The van der Waals surface area contributed by atoms with E-state index in [1.54, 1.807) is 6.07 Å². The lowest BCUT2D eigenvalue weighted by Gasteiger charge is -2.14. The van der Waals surface area contributed by atoms with Gasteiger partial charge in [0.2, 0.25) is 0 Å². The van der Waals surface area contributed by atoms with E-state index in [1.165, 1.54) is 5.56 Å². The minimum Gasteiger partial charge on any atom is -0.324 e. The molecule has 0 spiro atoms. The summed E-state index contributed by atoms with van der Waals surface area (Å²) in [6, 6.07) is 11.6. The van der Waals surface area contributed by atoms with Gasteiger partial charge in [-0.1, -0.05) is 51.3 Å². The van der Waals surface area contributed by atoms with Crippen LogP contribution < -0.4 is 5.73 Å². The van der Waals surface area contributed by atoms with Gasteiger partial charge in [-0.05, 0) is 54.3 Å². The highest BCUT2D eigenvalue weighted by Gasteiger charge is 2.11. The van der Waals surface area contributed by atoms with Crippen LogP contribution in [0.4, 0.5) is 0 Å². The van der Waals surface area contributed by atoms with Gasteiger partial charge in [0.1, 0.15) is 0 Å². The second-order valence-corrected chi connectivity index (χ2v) is 6.37. The van der Waals surface area contributed by atoms with E-state index in [0.29, 0.717) is 16.5 Å². The summed E-state index contributed by atoms with van der Waals surface area (Å²) in [6.07, 6.45) is 0.686.